The smallest absolute Gasteiger partial charge is 0.168 e. The van der Waals surface area contributed by atoms with Gasteiger partial charge in [-0.3, -0.25) is 9.59 Å². The maximum absolute atomic E-state index is 12.9. The van der Waals surface area contributed by atoms with E-state index in [9.17, 15) is 14.7 Å². The van der Waals surface area contributed by atoms with E-state index in [1.54, 1.807) is 0 Å². The molecule has 1 aromatic rings. The Labute approximate surface area is 167 Å². The minimum atomic E-state index is -0.148. The summed E-state index contributed by atoms with van der Waals surface area (Å²) < 4.78 is 0. The van der Waals surface area contributed by atoms with E-state index in [0.29, 0.717) is 37.2 Å². The monoisotopic (exact) mass is 385 g/mol. The molecule has 0 heterocycles. The zero-order chi connectivity index (χ0) is 21.0. The van der Waals surface area contributed by atoms with Crippen LogP contribution in [0.1, 0.15) is 85.0 Å². The largest absolute Gasteiger partial charge is 0.511 e. The minimum absolute atomic E-state index is 0.0595. The van der Waals surface area contributed by atoms with E-state index in [1.165, 1.54) is 0 Å². The average molecular weight is 386 g/mol. The first-order chi connectivity index (χ1) is 13.3. The number of ketones is 2. The highest BCUT2D eigenvalue weighted by Gasteiger charge is 2.33. The summed E-state index contributed by atoms with van der Waals surface area (Å²) in [5, 5.41) is 14.7. The molecule has 0 fully saturated rings. The van der Waals surface area contributed by atoms with E-state index < -0.39 is 0 Å². The average Bonchev–Trinajstić information content (AvgIpc) is 2.63. The summed E-state index contributed by atoms with van der Waals surface area (Å²) in [6.45, 7) is 11.9. The van der Waals surface area contributed by atoms with Crippen molar-refractivity contribution in [3.05, 3.63) is 45.2 Å². The Kier molecular flexibility index (Phi) is 7.17. The summed E-state index contributed by atoms with van der Waals surface area (Å²) in [4.78, 5) is 30.5. The molecule has 1 atom stereocenters. The van der Waals surface area contributed by atoms with Crippen LogP contribution in [0, 0.1) is 20.8 Å². The Morgan fingerprint density at radius 3 is 2.36 bits per heavy atom. The Hall–Kier alpha value is -2.43. The second-order valence-electron chi connectivity index (χ2n) is 7.36. The van der Waals surface area contributed by atoms with Crippen LogP contribution >= 0.6 is 0 Å². The summed E-state index contributed by atoms with van der Waals surface area (Å²) in [6.07, 6.45) is 1.59. The van der Waals surface area contributed by atoms with Gasteiger partial charge in [-0.2, -0.15) is 0 Å². The Morgan fingerprint density at radius 2 is 1.82 bits per heavy atom. The van der Waals surface area contributed by atoms with Crippen LogP contribution in [-0.2, 0) is 9.63 Å². The van der Waals surface area contributed by atoms with E-state index in [4.69, 9.17) is 4.84 Å². The van der Waals surface area contributed by atoms with Crippen LogP contribution in [-0.4, -0.2) is 29.0 Å². The van der Waals surface area contributed by atoms with E-state index >= 15 is 0 Å². The molecule has 1 unspecified atom stereocenters. The first kappa shape index (κ1) is 21.9. The van der Waals surface area contributed by atoms with Crippen molar-refractivity contribution in [2.75, 3.05) is 6.61 Å². The van der Waals surface area contributed by atoms with E-state index in [0.717, 1.165) is 27.8 Å². The molecule has 1 aliphatic rings. The standard InChI is InChI=1S/C23H31NO4/c1-7-17(24-28-9-3)23-19(26)11-16(12-20(23)27)21-13(4)10-14(5)22(15(21)6)18(25)8-2/h10,16,26H,7-9,11-12H2,1-6H3/b24-17+. The third kappa shape index (κ3) is 4.18. The van der Waals surface area contributed by atoms with Gasteiger partial charge in [0.25, 0.3) is 0 Å². The number of hydrogen-bond acceptors (Lipinski definition) is 5. The Bertz CT molecular complexity index is 849. The molecule has 0 saturated carbocycles. The summed E-state index contributed by atoms with van der Waals surface area (Å²) in [7, 11) is 0. The summed E-state index contributed by atoms with van der Waals surface area (Å²) in [6, 6.07) is 2.01. The fourth-order valence-corrected chi connectivity index (χ4v) is 4.29. The molecule has 1 aliphatic carbocycles. The molecule has 1 aromatic carbocycles. The third-order valence-electron chi connectivity index (χ3n) is 5.41. The van der Waals surface area contributed by atoms with Gasteiger partial charge in [0, 0.05) is 24.8 Å². The van der Waals surface area contributed by atoms with Crippen LogP contribution in [0.25, 0.3) is 0 Å². The predicted molar refractivity (Wildman–Crippen MR) is 111 cm³/mol. The van der Waals surface area contributed by atoms with Crippen molar-refractivity contribution in [3.8, 4) is 0 Å². The highest BCUT2D eigenvalue weighted by atomic mass is 16.6. The molecular weight excluding hydrogens is 354 g/mol. The van der Waals surface area contributed by atoms with Crippen molar-refractivity contribution in [3.63, 3.8) is 0 Å². The zero-order valence-corrected chi connectivity index (χ0v) is 17.8. The van der Waals surface area contributed by atoms with E-state index in [2.05, 4.69) is 5.16 Å². The van der Waals surface area contributed by atoms with Crippen molar-refractivity contribution >= 4 is 17.3 Å². The predicted octanol–water partition coefficient (Wildman–Crippen LogP) is 5.27. The number of aryl methyl sites for hydroxylation is 2. The molecule has 0 amide bonds. The Balaban J connectivity index is 2.51. The fourth-order valence-electron chi connectivity index (χ4n) is 4.29. The molecule has 2 rings (SSSR count). The highest BCUT2D eigenvalue weighted by molar-refractivity contribution is 6.23. The maximum Gasteiger partial charge on any atom is 0.168 e. The number of carbonyl (C=O) groups is 2. The molecule has 1 N–H and O–H groups in total. The first-order valence-corrected chi connectivity index (χ1v) is 10.0. The molecule has 0 saturated heterocycles. The van der Waals surface area contributed by atoms with Gasteiger partial charge in [-0.15, -0.1) is 0 Å². The summed E-state index contributed by atoms with van der Waals surface area (Å²) >= 11 is 0. The van der Waals surface area contributed by atoms with E-state index in [1.807, 2.05) is 47.6 Å². The number of aliphatic hydroxyl groups is 1. The lowest BCUT2D eigenvalue weighted by Crippen LogP contribution is -2.25. The van der Waals surface area contributed by atoms with Crippen molar-refractivity contribution in [2.24, 2.45) is 5.16 Å². The zero-order valence-electron chi connectivity index (χ0n) is 17.8. The lowest BCUT2D eigenvalue weighted by Gasteiger charge is -2.28. The number of Topliss-reactive ketones (excluding diaryl/α,β-unsaturated/α-hetero) is 2. The molecular formula is C23H31NO4. The summed E-state index contributed by atoms with van der Waals surface area (Å²) in [5.74, 6) is -0.109. The molecule has 0 bridgehead atoms. The number of aliphatic hydroxyl groups excluding tert-OH is 1. The van der Waals surface area contributed by atoms with Gasteiger partial charge in [-0.05, 0) is 62.3 Å². The second kappa shape index (κ2) is 9.18. The van der Waals surface area contributed by atoms with Crippen LogP contribution in [0.15, 0.2) is 22.6 Å². The number of allylic oxidation sites excluding steroid dienone is 2. The topological polar surface area (TPSA) is 76.0 Å². The van der Waals surface area contributed by atoms with Crippen molar-refractivity contribution in [1.82, 2.24) is 0 Å². The van der Waals surface area contributed by atoms with Gasteiger partial charge >= 0.3 is 0 Å². The van der Waals surface area contributed by atoms with Gasteiger partial charge in [0.05, 0.1) is 11.3 Å². The van der Waals surface area contributed by atoms with Crippen LogP contribution < -0.4 is 0 Å². The molecule has 5 heteroatoms. The molecule has 0 aliphatic heterocycles. The molecule has 5 nitrogen and oxygen atoms in total. The molecule has 28 heavy (non-hydrogen) atoms. The van der Waals surface area contributed by atoms with Gasteiger partial charge in [0.1, 0.15) is 12.4 Å². The van der Waals surface area contributed by atoms with Gasteiger partial charge in [-0.25, -0.2) is 0 Å². The second-order valence-corrected chi connectivity index (χ2v) is 7.36. The van der Waals surface area contributed by atoms with Gasteiger partial charge < -0.3 is 9.94 Å². The van der Waals surface area contributed by atoms with E-state index in [-0.39, 0.29) is 29.7 Å². The summed E-state index contributed by atoms with van der Waals surface area (Å²) in [5.41, 5.74) is 5.47. The lowest BCUT2D eigenvalue weighted by atomic mass is 9.76. The number of benzene rings is 1. The lowest BCUT2D eigenvalue weighted by molar-refractivity contribution is -0.116. The van der Waals surface area contributed by atoms with Gasteiger partial charge in [-0.1, -0.05) is 25.1 Å². The number of nitrogens with zero attached hydrogens (tertiary/aromatic N) is 1. The van der Waals surface area contributed by atoms with Gasteiger partial charge in [0.2, 0.25) is 0 Å². The van der Waals surface area contributed by atoms with Crippen molar-refractivity contribution in [2.45, 2.75) is 73.1 Å². The van der Waals surface area contributed by atoms with Crippen LogP contribution in [0.4, 0.5) is 0 Å². The SMILES string of the molecule is CCO/N=C(\CC)C1=C(O)CC(c2c(C)cc(C)c(C(=O)CC)c2C)CC1=O. The van der Waals surface area contributed by atoms with Crippen LogP contribution in [0.5, 0.6) is 0 Å². The fraction of sp³-hybridized carbons (Fsp3) is 0.522. The number of carbonyl (C=O) groups excluding carboxylic acids is 2. The first-order valence-electron chi connectivity index (χ1n) is 10.0. The number of oxime groups is 1. The molecule has 0 aromatic heterocycles. The third-order valence-corrected chi connectivity index (χ3v) is 5.41. The van der Waals surface area contributed by atoms with Crippen LogP contribution in [0.2, 0.25) is 0 Å². The molecule has 0 radical (unpaired) electrons. The normalized spacial score (nSPS) is 17.9. The van der Waals surface area contributed by atoms with Crippen molar-refractivity contribution < 1.29 is 19.5 Å². The maximum atomic E-state index is 12.9. The quantitative estimate of drug-likeness (QED) is 0.394. The number of rotatable bonds is 7. The minimum Gasteiger partial charge on any atom is -0.511 e. The Morgan fingerprint density at radius 1 is 1.14 bits per heavy atom. The number of hydrogen-bond donors (Lipinski definition) is 1. The molecule has 0 spiro atoms. The molecule has 152 valence electrons. The highest BCUT2D eigenvalue weighted by Crippen LogP contribution is 2.39. The van der Waals surface area contributed by atoms with Crippen molar-refractivity contribution in [1.29, 1.82) is 0 Å². The van der Waals surface area contributed by atoms with Crippen LogP contribution in [0.3, 0.4) is 0 Å². The van der Waals surface area contributed by atoms with Gasteiger partial charge in [0.15, 0.2) is 11.6 Å².